The van der Waals surface area contributed by atoms with Crippen molar-refractivity contribution in [3.05, 3.63) is 35.1 Å². The van der Waals surface area contributed by atoms with Crippen molar-refractivity contribution in [2.24, 2.45) is 0 Å². The van der Waals surface area contributed by atoms with Crippen LogP contribution in [0.3, 0.4) is 0 Å². The summed E-state index contributed by atoms with van der Waals surface area (Å²) in [4.78, 5) is 14.9. The molecule has 23 heavy (non-hydrogen) atoms. The van der Waals surface area contributed by atoms with E-state index in [0.717, 1.165) is 41.7 Å². The van der Waals surface area contributed by atoms with Crippen molar-refractivity contribution >= 4 is 16.9 Å². The number of carbonyl (C=O) groups excluding carboxylic acids is 1. The number of furan rings is 1. The summed E-state index contributed by atoms with van der Waals surface area (Å²) in [5.41, 5.74) is 2.77. The molecule has 0 spiro atoms. The lowest BCUT2D eigenvalue weighted by Crippen LogP contribution is -2.43. The molecule has 5 nitrogen and oxygen atoms in total. The first-order valence-corrected chi connectivity index (χ1v) is 8.09. The lowest BCUT2D eigenvalue weighted by molar-refractivity contribution is 0.0745. The van der Waals surface area contributed by atoms with Gasteiger partial charge in [-0.2, -0.15) is 0 Å². The van der Waals surface area contributed by atoms with Gasteiger partial charge in [0.1, 0.15) is 5.58 Å². The third kappa shape index (κ3) is 2.99. The molecular weight excluding hydrogens is 292 g/mol. The van der Waals surface area contributed by atoms with Gasteiger partial charge in [0.05, 0.1) is 12.1 Å². The van der Waals surface area contributed by atoms with Crippen molar-refractivity contribution in [3.63, 3.8) is 0 Å². The predicted molar refractivity (Wildman–Crippen MR) is 89.9 cm³/mol. The Hall–Kier alpha value is -1.85. The maximum Gasteiger partial charge on any atom is 0.287 e. The maximum atomic E-state index is 12.7. The molecule has 1 aliphatic rings. The number of likely N-dealkylation sites (tertiary alicyclic amines) is 1. The van der Waals surface area contributed by atoms with Crippen LogP contribution >= 0.6 is 0 Å². The van der Waals surface area contributed by atoms with Crippen LogP contribution in [0.1, 0.15) is 28.6 Å². The highest BCUT2D eigenvalue weighted by molar-refractivity contribution is 5.99. The summed E-state index contributed by atoms with van der Waals surface area (Å²) >= 11 is 0. The van der Waals surface area contributed by atoms with Gasteiger partial charge in [-0.25, -0.2) is 0 Å². The van der Waals surface area contributed by atoms with Crippen LogP contribution in [0.5, 0.6) is 0 Å². The molecule has 124 valence electrons. The second-order valence-electron chi connectivity index (χ2n) is 6.26. The van der Waals surface area contributed by atoms with Gasteiger partial charge < -0.3 is 14.5 Å². The van der Waals surface area contributed by atoms with Gasteiger partial charge in [0.15, 0.2) is 5.76 Å². The third-order valence-corrected chi connectivity index (χ3v) is 4.71. The molecule has 1 aromatic carbocycles. The lowest BCUT2D eigenvalue weighted by atomic mass is 10.1. The van der Waals surface area contributed by atoms with Gasteiger partial charge in [0, 0.05) is 31.1 Å². The molecular formula is C18H24N2O3. The number of likely N-dealkylation sites (N-methyl/N-ethyl adjacent to an activating group) is 1. The van der Waals surface area contributed by atoms with Crippen LogP contribution in [0.2, 0.25) is 0 Å². The molecule has 3 rings (SSSR count). The molecule has 1 N–H and O–H groups in total. The van der Waals surface area contributed by atoms with Crippen molar-refractivity contribution in [2.75, 3.05) is 26.7 Å². The fraction of sp³-hybridized carbons (Fsp3) is 0.500. The summed E-state index contributed by atoms with van der Waals surface area (Å²) in [6.45, 7) is 8.65. The fourth-order valence-electron chi connectivity index (χ4n) is 3.27. The summed E-state index contributed by atoms with van der Waals surface area (Å²) in [7, 11) is 1.69. The molecule has 2 atom stereocenters. The van der Waals surface area contributed by atoms with Gasteiger partial charge in [-0.1, -0.05) is 19.1 Å². The fourth-order valence-corrected chi connectivity index (χ4v) is 3.27. The molecule has 1 saturated heterocycles. The number of amides is 1. The normalized spacial score (nSPS) is 21.9. The lowest BCUT2D eigenvalue weighted by Gasteiger charge is -2.17. The minimum absolute atomic E-state index is 0.0122. The number of hydrogen-bond donors (Lipinski definition) is 1. The number of carbonyl (C=O) groups is 1. The number of hydrogen-bond acceptors (Lipinski definition) is 4. The Balaban J connectivity index is 1.82. The predicted octanol–water partition coefficient (Wildman–Crippen LogP) is 2.50. The van der Waals surface area contributed by atoms with Gasteiger partial charge in [-0.15, -0.1) is 0 Å². The Bertz CT molecular complexity index is 722. The van der Waals surface area contributed by atoms with Gasteiger partial charge in [-0.3, -0.25) is 9.69 Å². The zero-order valence-electron chi connectivity index (χ0n) is 14.2. The quantitative estimate of drug-likeness (QED) is 0.941. The number of fused-ring (bicyclic) bond motifs is 1. The number of rotatable bonds is 4. The average molecular weight is 316 g/mol. The highest BCUT2D eigenvalue weighted by atomic mass is 16.5. The van der Waals surface area contributed by atoms with Crippen LogP contribution in [-0.4, -0.2) is 49.7 Å². The highest BCUT2D eigenvalue weighted by Crippen LogP contribution is 2.26. The number of nitrogens with zero attached hydrogens (tertiary/aromatic N) is 1. The molecule has 2 aromatic rings. The molecule has 2 heterocycles. The van der Waals surface area contributed by atoms with E-state index in [1.165, 1.54) is 0 Å². The van der Waals surface area contributed by atoms with E-state index in [9.17, 15) is 4.79 Å². The van der Waals surface area contributed by atoms with Crippen LogP contribution in [0.15, 0.2) is 22.6 Å². The Kier molecular flexibility index (Phi) is 4.41. The van der Waals surface area contributed by atoms with E-state index in [-0.39, 0.29) is 18.1 Å². The molecule has 1 amide bonds. The zero-order valence-corrected chi connectivity index (χ0v) is 14.2. The maximum absolute atomic E-state index is 12.7. The molecule has 0 bridgehead atoms. The molecule has 0 radical (unpaired) electrons. The van der Waals surface area contributed by atoms with E-state index >= 15 is 0 Å². The molecule has 1 fully saturated rings. The van der Waals surface area contributed by atoms with E-state index in [1.54, 1.807) is 7.11 Å². The number of aryl methyl sites for hydroxylation is 2. The van der Waals surface area contributed by atoms with Crippen molar-refractivity contribution in [1.82, 2.24) is 10.2 Å². The van der Waals surface area contributed by atoms with Gasteiger partial charge in [0.25, 0.3) is 5.91 Å². The Labute approximate surface area is 136 Å². The van der Waals surface area contributed by atoms with Gasteiger partial charge in [0.2, 0.25) is 0 Å². The Morgan fingerprint density at radius 3 is 2.87 bits per heavy atom. The summed E-state index contributed by atoms with van der Waals surface area (Å²) in [5, 5.41) is 4.07. The van der Waals surface area contributed by atoms with Crippen LogP contribution in [-0.2, 0) is 4.74 Å². The minimum Gasteiger partial charge on any atom is -0.451 e. The van der Waals surface area contributed by atoms with E-state index in [1.807, 2.05) is 32.0 Å². The standard InChI is InChI=1S/C18H24N2O3/c1-5-20-9-14(16(10-20)22-4)19-18(21)17-12(3)13-7-6-11(2)8-15(13)23-17/h6-8,14,16H,5,9-10H2,1-4H3,(H,19,21)/t14-,16-/m0/s1. The van der Waals surface area contributed by atoms with E-state index in [0.29, 0.717) is 5.76 Å². The van der Waals surface area contributed by atoms with E-state index < -0.39 is 0 Å². The SMILES string of the molecule is CCN1C[C@H](NC(=O)c2oc3cc(C)ccc3c2C)[C@@H](OC)C1. The van der Waals surface area contributed by atoms with Crippen LogP contribution in [0.4, 0.5) is 0 Å². The zero-order chi connectivity index (χ0) is 16.6. The number of ether oxygens (including phenoxy) is 1. The molecule has 1 aromatic heterocycles. The highest BCUT2D eigenvalue weighted by Gasteiger charge is 2.34. The van der Waals surface area contributed by atoms with Crippen molar-refractivity contribution in [2.45, 2.75) is 32.9 Å². The Morgan fingerprint density at radius 1 is 1.39 bits per heavy atom. The summed E-state index contributed by atoms with van der Waals surface area (Å²) in [6.07, 6.45) is 0.0193. The molecule has 0 saturated carbocycles. The summed E-state index contributed by atoms with van der Waals surface area (Å²) < 4.78 is 11.3. The number of nitrogens with one attached hydrogen (secondary N) is 1. The van der Waals surface area contributed by atoms with Crippen LogP contribution < -0.4 is 5.32 Å². The van der Waals surface area contributed by atoms with Crippen molar-refractivity contribution in [1.29, 1.82) is 0 Å². The molecule has 0 unspecified atom stereocenters. The Morgan fingerprint density at radius 2 is 2.17 bits per heavy atom. The smallest absolute Gasteiger partial charge is 0.287 e. The third-order valence-electron chi connectivity index (χ3n) is 4.71. The van der Waals surface area contributed by atoms with Gasteiger partial charge in [-0.05, 0) is 32.0 Å². The monoisotopic (exact) mass is 316 g/mol. The number of benzene rings is 1. The first-order valence-electron chi connectivity index (χ1n) is 8.09. The first kappa shape index (κ1) is 16.0. The number of methoxy groups -OCH3 is 1. The van der Waals surface area contributed by atoms with Crippen molar-refractivity contribution in [3.8, 4) is 0 Å². The minimum atomic E-state index is -0.165. The molecule has 5 heteroatoms. The molecule has 1 aliphatic heterocycles. The second-order valence-corrected chi connectivity index (χ2v) is 6.26. The van der Waals surface area contributed by atoms with Crippen LogP contribution in [0, 0.1) is 13.8 Å². The van der Waals surface area contributed by atoms with E-state index in [4.69, 9.17) is 9.15 Å². The largest absolute Gasteiger partial charge is 0.451 e. The van der Waals surface area contributed by atoms with Gasteiger partial charge >= 0.3 is 0 Å². The van der Waals surface area contributed by atoms with Crippen molar-refractivity contribution < 1.29 is 13.9 Å². The average Bonchev–Trinajstić information content (AvgIpc) is 3.08. The van der Waals surface area contributed by atoms with E-state index in [2.05, 4.69) is 17.1 Å². The topological polar surface area (TPSA) is 54.7 Å². The summed E-state index contributed by atoms with van der Waals surface area (Å²) in [6, 6.07) is 5.99. The summed E-state index contributed by atoms with van der Waals surface area (Å²) in [5.74, 6) is 0.233. The molecule has 0 aliphatic carbocycles. The first-order chi connectivity index (χ1) is 11.0. The second kappa shape index (κ2) is 6.34. The van der Waals surface area contributed by atoms with Crippen LogP contribution in [0.25, 0.3) is 11.0 Å².